The number of aromatic amines is 1. The number of hydrogen-bond donors (Lipinski definition) is 3. The fourth-order valence-electron chi connectivity index (χ4n) is 3.80. The molecule has 3 rings (SSSR count). The minimum absolute atomic E-state index is 0.0180. The summed E-state index contributed by atoms with van der Waals surface area (Å²) < 4.78 is 0. The second-order valence-corrected chi connectivity index (χ2v) is 8.52. The molecule has 1 heterocycles. The van der Waals surface area contributed by atoms with E-state index >= 15 is 0 Å². The second kappa shape index (κ2) is 10.4. The van der Waals surface area contributed by atoms with E-state index in [0.717, 1.165) is 5.56 Å². The zero-order chi connectivity index (χ0) is 23.1. The Morgan fingerprint density at radius 1 is 1.28 bits per heavy atom. The summed E-state index contributed by atoms with van der Waals surface area (Å²) in [6, 6.07) is 8.31. The lowest BCUT2D eigenvalue weighted by molar-refractivity contribution is -0.138. The molecular formula is C24H25N3O4S. The number of imidazole rings is 1. The molecule has 3 unspecified atom stereocenters. The van der Waals surface area contributed by atoms with E-state index in [-0.39, 0.29) is 23.7 Å². The maximum absolute atomic E-state index is 13.7. The number of nitrogens with two attached hydrogens (primary N) is 1. The first-order valence-electron chi connectivity index (χ1n) is 10.1. The maximum atomic E-state index is 13.7. The van der Waals surface area contributed by atoms with E-state index in [1.165, 1.54) is 30.4 Å². The Bertz CT molecular complexity index is 1050. The number of allylic oxidation sites excluding steroid dienone is 6. The molecule has 1 aromatic heterocycles. The molecule has 7 nitrogen and oxygen atoms in total. The van der Waals surface area contributed by atoms with Crippen molar-refractivity contribution in [1.29, 1.82) is 0 Å². The average molecular weight is 452 g/mol. The summed E-state index contributed by atoms with van der Waals surface area (Å²) in [5, 5.41) is 8.60. The predicted octanol–water partition coefficient (Wildman–Crippen LogP) is 2.93. The maximum Gasteiger partial charge on any atom is 0.320 e. The summed E-state index contributed by atoms with van der Waals surface area (Å²) in [4.78, 5) is 44.3. The first kappa shape index (κ1) is 23.4. The molecule has 0 saturated heterocycles. The quantitative estimate of drug-likeness (QED) is 0.374. The van der Waals surface area contributed by atoms with Gasteiger partial charge in [-0.05, 0) is 24.3 Å². The van der Waals surface area contributed by atoms with Gasteiger partial charge in [-0.25, -0.2) is 4.98 Å². The van der Waals surface area contributed by atoms with Gasteiger partial charge >= 0.3 is 5.97 Å². The molecule has 166 valence electrons. The van der Waals surface area contributed by atoms with Crippen LogP contribution in [0.1, 0.15) is 22.5 Å². The largest absolute Gasteiger partial charge is 0.480 e. The van der Waals surface area contributed by atoms with Crippen LogP contribution in [-0.4, -0.2) is 50.2 Å². The number of carboxylic acid groups (broad SMARTS) is 1. The molecule has 32 heavy (non-hydrogen) atoms. The third-order valence-electron chi connectivity index (χ3n) is 5.53. The molecule has 4 N–H and O–H groups in total. The van der Waals surface area contributed by atoms with Gasteiger partial charge in [-0.1, -0.05) is 60.7 Å². The number of aliphatic carboxylic acids is 1. The fraction of sp³-hybridized carbons (Fsp3) is 0.250. The summed E-state index contributed by atoms with van der Waals surface area (Å²) in [5.74, 6) is -2.22. The van der Waals surface area contributed by atoms with Crippen molar-refractivity contribution in [3.8, 4) is 0 Å². The first-order valence-corrected chi connectivity index (χ1v) is 11.4. The van der Waals surface area contributed by atoms with Gasteiger partial charge in [0.1, 0.15) is 11.7 Å². The molecule has 1 aliphatic rings. The zero-order valence-corrected chi connectivity index (χ0v) is 18.4. The van der Waals surface area contributed by atoms with Crippen molar-refractivity contribution in [2.24, 2.45) is 11.7 Å². The summed E-state index contributed by atoms with van der Waals surface area (Å²) in [5.41, 5.74) is 5.92. The van der Waals surface area contributed by atoms with Gasteiger partial charge in [0.05, 0.1) is 17.5 Å². The number of carboxylic acids is 1. The van der Waals surface area contributed by atoms with Crippen molar-refractivity contribution in [2.45, 2.75) is 23.1 Å². The predicted molar refractivity (Wildman–Crippen MR) is 124 cm³/mol. The van der Waals surface area contributed by atoms with Gasteiger partial charge in [0.25, 0.3) is 0 Å². The number of ketones is 2. The molecule has 4 atom stereocenters. The number of aromatic nitrogens is 2. The number of nitrogens with one attached hydrogen (secondary N) is 1. The van der Waals surface area contributed by atoms with Gasteiger partial charge in [0, 0.05) is 11.6 Å². The molecule has 0 spiro atoms. The molecule has 1 aliphatic carbocycles. The molecule has 8 heteroatoms. The monoisotopic (exact) mass is 451 g/mol. The van der Waals surface area contributed by atoms with Gasteiger partial charge in [0.2, 0.25) is 5.78 Å². The standard InChI is InChI=1S/C24H25N3O4S/c1-32-21(13-18(25)23(30)31)22(29)17-9-5-6-11-24(17,16-7-3-2-4-8-16)12-10-20(28)19-14-26-15-27-19/h2-12,14-15,17-18,21H,13,25H2,1H3,(H,26,27)(H,30,31)/t17?,18-,21?,24?/m0/s1. The normalized spacial score (nSPS) is 22.0. The van der Waals surface area contributed by atoms with Gasteiger partial charge in [-0.3, -0.25) is 14.4 Å². The molecule has 2 aromatic rings. The van der Waals surface area contributed by atoms with Crippen molar-refractivity contribution in [3.05, 3.63) is 90.6 Å². The van der Waals surface area contributed by atoms with Crippen molar-refractivity contribution in [2.75, 3.05) is 6.26 Å². The van der Waals surface area contributed by atoms with Crippen LogP contribution in [0.25, 0.3) is 0 Å². The minimum atomic E-state index is -1.14. The van der Waals surface area contributed by atoms with Crippen LogP contribution in [0.2, 0.25) is 0 Å². The molecule has 0 bridgehead atoms. The summed E-state index contributed by atoms with van der Waals surface area (Å²) in [6.45, 7) is 0. The first-order chi connectivity index (χ1) is 15.4. The number of carbonyl (C=O) groups is 3. The van der Waals surface area contributed by atoms with Gasteiger partial charge in [0.15, 0.2) is 5.78 Å². The number of carbonyl (C=O) groups excluding carboxylic acids is 2. The van der Waals surface area contributed by atoms with Gasteiger partial charge in [-0.15, -0.1) is 0 Å². The third-order valence-corrected chi connectivity index (χ3v) is 6.52. The number of Topliss-reactive ketones (excluding diaryl/α,β-unsaturated/α-hetero) is 1. The summed E-state index contributed by atoms with van der Waals surface area (Å²) >= 11 is 1.28. The van der Waals surface area contributed by atoms with Crippen molar-refractivity contribution < 1.29 is 19.5 Å². The van der Waals surface area contributed by atoms with E-state index in [1.807, 2.05) is 42.5 Å². The van der Waals surface area contributed by atoms with E-state index in [0.29, 0.717) is 0 Å². The van der Waals surface area contributed by atoms with Crippen LogP contribution in [0, 0.1) is 5.92 Å². The third kappa shape index (κ3) is 4.98. The van der Waals surface area contributed by atoms with Crippen LogP contribution in [0.15, 0.2) is 79.3 Å². The molecule has 0 aliphatic heterocycles. The van der Waals surface area contributed by atoms with Gasteiger partial charge < -0.3 is 15.8 Å². The number of nitrogens with zero attached hydrogens (tertiary/aromatic N) is 1. The lowest BCUT2D eigenvalue weighted by Gasteiger charge is -2.37. The Morgan fingerprint density at radius 2 is 2.03 bits per heavy atom. The fourth-order valence-corrected chi connectivity index (χ4v) is 4.57. The lowest BCUT2D eigenvalue weighted by atomic mass is 9.65. The van der Waals surface area contributed by atoms with E-state index in [4.69, 9.17) is 5.73 Å². The Hall–Kier alpha value is -3.23. The minimum Gasteiger partial charge on any atom is -0.480 e. The summed E-state index contributed by atoms with van der Waals surface area (Å²) in [6.07, 6.45) is 15.2. The average Bonchev–Trinajstić information content (AvgIpc) is 3.36. The Balaban J connectivity index is 2.03. The SMILES string of the molecule is CSC(C[C@H](N)C(=O)O)C(=O)C1C=CC=CC1(C=CC(=O)c1c[nH]cn1)c1ccccc1. The second-order valence-electron chi connectivity index (χ2n) is 7.48. The van der Waals surface area contributed by atoms with Crippen LogP contribution in [0.5, 0.6) is 0 Å². The molecular weight excluding hydrogens is 426 g/mol. The highest BCUT2D eigenvalue weighted by molar-refractivity contribution is 7.99. The van der Waals surface area contributed by atoms with Crippen LogP contribution in [0.3, 0.4) is 0 Å². The Labute approximate surface area is 190 Å². The highest BCUT2D eigenvalue weighted by Crippen LogP contribution is 2.41. The number of hydrogen-bond acceptors (Lipinski definition) is 6. The number of rotatable bonds is 10. The summed E-state index contributed by atoms with van der Waals surface area (Å²) in [7, 11) is 0. The Kier molecular flexibility index (Phi) is 7.61. The van der Waals surface area contributed by atoms with E-state index in [1.54, 1.807) is 24.5 Å². The highest BCUT2D eigenvalue weighted by Gasteiger charge is 2.43. The van der Waals surface area contributed by atoms with Gasteiger partial charge in [-0.2, -0.15) is 11.8 Å². The highest BCUT2D eigenvalue weighted by atomic mass is 32.2. The lowest BCUT2D eigenvalue weighted by Crippen LogP contribution is -2.43. The number of benzene rings is 1. The van der Waals surface area contributed by atoms with Crippen LogP contribution >= 0.6 is 11.8 Å². The topological polar surface area (TPSA) is 126 Å². The Morgan fingerprint density at radius 3 is 2.66 bits per heavy atom. The van der Waals surface area contributed by atoms with Crippen molar-refractivity contribution in [3.63, 3.8) is 0 Å². The molecule has 0 saturated carbocycles. The molecule has 0 radical (unpaired) electrons. The van der Waals surface area contributed by atoms with E-state index in [9.17, 15) is 19.5 Å². The molecule has 0 amide bonds. The van der Waals surface area contributed by atoms with Crippen molar-refractivity contribution >= 4 is 29.3 Å². The molecule has 0 fully saturated rings. The smallest absolute Gasteiger partial charge is 0.320 e. The van der Waals surface area contributed by atoms with Crippen LogP contribution in [0.4, 0.5) is 0 Å². The number of thioether (sulfide) groups is 1. The van der Waals surface area contributed by atoms with Crippen LogP contribution in [-0.2, 0) is 15.0 Å². The number of H-pyrrole nitrogens is 1. The van der Waals surface area contributed by atoms with E-state index in [2.05, 4.69) is 9.97 Å². The van der Waals surface area contributed by atoms with Crippen LogP contribution < -0.4 is 5.73 Å². The zero-order valence-electron chi connectivity index (χ0n) is 17.5. The molecule has 1 aromatic carbocycles. The van der Waals surface area contributed by atoms with Crippen molar-refractivity contribution in [1.82, 2.24) is 9.97 Å². The van der Waals surface area contributed by atoms with E-state index < -0.39 is 28.6 Å².